The minimum Gasteiger partial charge on any atom is -0.481 e. The highest BCUT2D eigenvalue weighted by Crippen LogP contribution is 2.29. The second-order valence-corrected chi connectivity index (χ2v) is 4.65. The number of amides is 2. The summed E-state index contributed by atoms with van der Waals surface area (Å²) in [6.45, 7) is 8.37. The van der Waals surface area contributed by atoms with Crippen LogP contribution in [0.5, 0.6) is 0 Å². The maximum atomic E-state index is 11.6. The third kappa shape index (κ3) is 2.74. The van der Waals surface area contributed by atoms with E-state index in [-0.39, 0.29) is 12.6 Å². The predicted octanol–water partition coefficient (Wildman–Crippen LogP) is 1.07. The fraction of sp³-hybridized carbons (Fsp3) is 0.636. The Morgan fingerprint density at radius 1 is 1.56 bits per heavy atom. The molecule has 1 heterocycles. The topological polar surface area (TPSA) is 69.6 Å². The van der Waals surface area contributed by atoms with E-state index in [4.69, 9.17) is 5.11 Å². The van der Waals surface area contributed by atoms with Gasteiger partial charge in [-0.3, -0.25) is 4.79 Å². The maximum absolute atomic E-state index is 11.6. The Morgan fingerprint density at radius 2 is 2.19 bits per heavy atom. The summed E-state index contributed by atoms with van der Waals surface area (Å²) in [7, 11) is 0. The molecular weight excluding hydrogens is 208 g/mol. The quantitative estimate of drug-likeness (QED) is 0.707. The molecule has 0 aromatic carbocycles. The number of rotatable bonds is 3. The van der Waals surface area contributed by atoms with Gasteiger partial charge in [0.05, 0.1) is 5.41 Å². The Hall–Kier alpha value is -1.52. The molecule has 0 saturated carbocycles. The molecule has 1 aliphatic heterocycles. The van der Waals surface area contributed by atoms with E-state index in [1.165, 1.54) is 4.90 Å². The number of hydrogen-bond donors (Lipinski definition) is 2. The molecule has 1 aliphatic rings. The summed E-state index contributed by atoms with van der Waals surface area (Å²) < 4.78 is 0. The van der Waals surface area contributed by atoms with E-state index in [1.807, 2.05) is 6.92 Å². The summed E-state index contributed by atoms with van der Waals surface area (Å²) in [6.07, 6.45) is 0.503. The molecule has 0 aromatic rings. The molecule has 5 heteroatoms. The van der Waals surface area contributed by atoms with Gasteiger partial charge in [-0.25, -0.2) is 4.79 Å². The number of carbonyl (C=O) groups is 2. The molecule has 1 rings (SSSR count). The van der Waals surface area contributed by atoms with Crippen LogP contribution in [0.15, 0.2) is 12.2 Å². The number of nitrogens with one attached hydrogen (secondary N) is 1. The number of hydrogen-bond acceptors (Lipinski definition) is 2. The second-order valence-electron chi connectivity index (χ2n) is 4.65. The van der Waals surface area contributed by atoms with Gasteiger partial charge in [0.15, 0.2) is 0 Å². The second kappa shape index (κ2) is 4.55. The van der Waals surface area contributed by atoms with Crippen molar-refractivity contribution in [1.82, 2.24) is 10.2 Å². The zero-order chi connectivity index (χ0) is 12.3. The average Bonchev–Trinajstić information content (AvgIpc) is 2.59. The monoisotopic (exact) mass is 226 g/mol. The molecule has 1 unspecified atom stereocenters. The summed E-state index contributed by atoms with van der Waals surface area (Å²) in [5.41, 5.74) is 0.0640. The summed E-state index contributed by atoms with van der Waals surface area (Å²) in [4.78, 5) is 24.2. The molecule has 1 fully saturated rings. The zero-order valence-corrected chi connectivity index (χ0v) is 9.75. The normalized spacial score (nSPS) is 24.2. The van der Waals surface area contributed by atoms with Crippen LogP contribution in [0.2, 0.25) is 0 Å². The lowest BCUT2D eigenvalue weighted by Crippen LogP contribution is -2.41. The average molecular weight is 226 g/mol. The molecule has 1 atom stereocenters. The Kier molecular flexibility index (Phi) is 3.57. The summed E-state index contributed by atoms with van der Waals surface area (Å²) >= 11 is 0. The molecule has 90 valence electrons. The highest BCUT2D eigenvalue weighted by Gasteiger charge is 2.42. The first kappa shape index (κ1) is 12.5. The van der Waals surface area contributed by atoms with Crippen LogP contribution in [0.4, 0.5) is 4.79 Å². The number of carboxylic acid groups (broad SMARTS) is 1. The predicted molar refractivity (Wildman–Crippen MR) is 60.1 cm³/mol. The van der Waals surface area contributed by atoms with E-state index in [0.717, 1.165) is 5.57 Å². The zero-order valence-electron chi connectivity index (χ0n) is 9.75. The smallest absolute Gasteiger partial charge is 0.317 e. The number of nitrogens with zero attached hydrogens (tertiary/aromatic N) is 1. The van der Waals surface area contributed by atoms with Crippen LogP contribution in [-0.2, 0) is 4.79 Å². The Balaban J connectivity index is 2.50. The van der Waals surface area contributed by atoms with Crippen molar-refractivity contribution in [2.24, 2.45) is 5.41 Å². The van der Waals surface area contributed by atoms with Gasteiger partial charge in [0.1, 0.15) is 0 Å². The first-order valence-electron chi connectivity index (χ1n) is 5.26. The Labute approximate surface area is 95.1 Å². The SMILES string of the molecule is C=C(C)CNC(=O)N1CCC(C)(C(=O)O)C1. The van der Waals surface area contributed by atoms with Gasteiger partial charge in [0.25, 0.3) is 0 Å². The fourth-order valence-electron chi connectivity index (χ4n) is 1.65. The van der Waals surface area contributed by atoms with Crippen LogP contribution in [0.25, 0.3) is 0 Å². The van der Waals surface area contributed by atoms with Crippen molar-refractivity contribution in [3.8, 4) is 0 Å². The third-order valence-corrected chi connectivity index (χ3v) is 2.82. The van der Waals surface area contributed by atoms with E-state index >= 15 is 0 Å². The Morgan fingerprint density at radius 3 is 2.62 bits per heavy atom. The maximum Gasteiger partial charge on any atom is 0.317 e. The van der Waals surface area contributed by atoms with E-state index in [2.05, 4.69) is 11.9 Å². The van der Waals surface area contributed by atoms with Gasteiger partial charge in [-0.2, -0.15) is 0 Å². The Bertz CT molecular complexity index is 327. The summed E-state index contributed by atoms with van der Waals surface area (Å²) in [5, 5.41) is 11.7. The van der Waals surface area contributed by atoms with Gasteiger partial charge >= 0.3 is 12.0 Å². The minimum absolute atomic E-state index is 0.215. The third-order valence-electron chi connectivity index (χ3n) is 2.82. The lowest BCUT2D eigenvalue weighted by molar-refractivity contribution is -0.146. The fourth-order valence-corrected chi connectivity index (χ4v) is 1.65. The van der Waals surface area contributed by atoms with Crippen LogP contribution < -0.4 is 5.32 Å². The molecule has 1 saturated heterocycles. The van der Waals surface area contributed by atoms with Crippen molar-refractivity contribution < 1.29 is 14.7 Å². The number of aliphatic carboxylic acids is 1. The molecule has 0 bridgehead atoms. The first-order valence-corrected chi connectivity index (χ1v) is 5.26. The molecule has 2 amide bonds. The van der Waals surface area contributed by atoms with Crippen molar-refractivity contribution >= 4 is 12.0 Å². The van der Waals surface area contributed by atoms with Crippen LogP contribution >= 0.6 is 0 Å². The van der Waals surface area contributed by atoms with Crippen LogP contribution in [-0.4, -0.2) is 41.6 Å². The summed E-state index contributed by atoms with van der Waals surface area (Å²) in [6, 6.07) is -0.215. The van der Waals surface area contributed by atoms with Gasteiger partial charge < -0.3 is 15.3 Å². The number of carboxylic acids is 1. The first-order chi connectivity index (χ1) is 7.35. The van der Waals surface area contributed by atoms with Crippen molar-refractivity contribution in [1.29, 1.82) is 0 Å². The van der Waals surface area contributed by atoms with E-state index < -0.39 is 11.4 Å². The lowest BCUT2D eigenvalue weighted by Gasteiger charge is -2.20. The number of carbonyl (C=O) groups excluding carboxylic acids is 1. The molecule has 5 nitrogen and oxygen atoms in total. The number of likely N-dealkylation sites (tertiary alicyclic amines) is 1. The van der Waals surface area contributed by atoms with Gasteiger partial charge in [-0.15, -0.1) is 0 Å². The van der Waals surface area contributed by atoms with Crippen molar-refractivity contribution in [3.63, 3.8) is 0 Å². The molecule has 0 spiro atoms. The van der Waals surface area contributed by atoms with Gasteiger partial charge in [-0.1, -0.05) is 12.2 Å². The molecule has 0 radical (unpaired) electrons. The van der Waals surface area contributed by atoms with E-state index in [1.54, 1.807) is 6.92 Å². The van der Waals surface area contributed by atoms with E-state index in [0.29, 0.717) is 19.5 Å². The van der Waals surface area contributed by atoms with Gasteiger partial charge in [-0.05, 0) is 20.3 Å². The van der Waals surface area contributed by atoms with Crippen molar-refractivity contribution in [2.75, 3.05) is 19.6 Å². The molecule has 0 aliphatic carbocycles. The minimum atomic E-state index is -0.845. The van der Waals surface area contributed by atoms with Gasteiger partial charge in [0.2, 0.25) is 0 Å². The largest absolute Gasteiger partial charge is 0.481 e. The lowest BCUT2D eigenvalue weighted by atomic mass is 9.90. The molecular formula is C11H18N2O3. The highest BCUT2D eigenvalue weighted by atomic mass is 16.4. The molecule has 0 aromatic heterocycles. The van der Waals surface area contributed by atoms with Gasteiger partial charge in [0, 0.05) is 19.6 Å². The van der Waals surface area contributed by atoms with Crippen molar-refractivity contribution in [3.05, 3.63) is 12.2 Å². The van der Waals surface area contributed by atoms with Crippen LogP contribution in [0, 0.1) is 5.41 Å². The highest BCUT2D eigenvalue weighted by molar-refractivity contribution is 5.79. The van der Waals surface area contributed by atoms with Crippen LogP contribution in [0.1, 0.15) is 20.3 Å². The molecule has 2 N–H and O–H groups in total. The van der Waals surface area contributed by atoms with E-state index in [9.17, 15) is 9.59 Å². The summed E-state index contributed by atoms with van der Waals surface area (Å²) in [5.74, 6) is -0.845. The standard InChI is InChI=1S/C11H18N2O3/c1-8(2)6-12-10(16)13-5-4-11(3,7-13)9(14)15/h1,4-7H2,2-3H3,(H,12,16)(H,14,15). The van der Waals surface area contributed by atoms with Crippen LogP contribution in [0.3, 0.4) is 0 Å². The molecule has 16 heavy (non-hydrogen) atoms. The van der Waals surface area contributed by atoms with Crippen molar-refractivity contribution in [2.45, 2.75) is 20.3 Å². The number of urea groups is 1.